The van der Waals surface area contributed by atoms with Crippen molar-refractivity contribution in [3.05, 3.63) is 22.7 Å². The van der Waals surface area contributed by atoms with E-state index in [0.29, 0.717) is 36.5 Å². The van der Waals surface area contributed by atoms with E-state index in [1.807, 2.05) is 17.9 Å². The number of benzene rings is 1. The Morgan fingerprint density at radius 1 is 1.40 bits per heavy atom. The minimum absolute atomic E-state index is 0.0630. The van der Waals surface area contributed by atoms with Gasteiger partial charge >= 0.3 is 5.97 Å². The molecule has 1 unspecified atom stereocenters. The third-order valence-electron chi connectivity index (χ3n) is 4.19. The third kappa shape index (κ3) is 3.71. The molecule has 25 heavy (non-hydrogen) atoms. The van der Waals surface area contributed by atoms with Crippen LogP contribution in [0.5, 0.6) is 5.75 Å². The van der Waals surface area contributed by atoms with Crippen LogP contribution in [0.15, 0.2) is 17.1 Å². The Morgan fingerprint density at radius 2 is 2.16 bits per heavy atom. The van der Waals surface area contributed by atoms with E-state index in [1.54, 1.807) is 6.07 Å². The van der Waals surface area contributed by atoms with Gasteiger partial charge in [0.25, 0.3) is 0 Å². The summed E-state index contributed by atoms with van der Waals surface area (Å²) in [6.45, 7) is 4.61. The number of guanidine groups is 1. The number of aliphatic imine (C=N–C) groups is 1. The van der Waals surface area contributed by atoms with Gasteiger partial charge in [-0.15, -0.1) is 0 Å². The SMILES string of the molecule is CC(=O)OCCCCOc1ccc2c(c1Cl)CN1C(=N2)NC(=O)C1C. The predicted octanol–water partition coefficient (Wildman–Crippen LogP) is 2.38. The van der Waals surface area contributed by atoms with Gasteiger partial charge in [0.05, 0.1) is 30.5 Å². The first-order valence-corrected chi connectivity index (χ1v) is 8.59. The number of nitrogens with zero attached hydrogens (tertiary/aromatic N) is 2. The van der Waals surface area contributed by atoms with Crippen molar-refractivity contribution >= 4 is 35.1 Å². The van der Waals surface area contributed by atoms with E-state index in [9.17, 15) is 9.59 Å². The van der Waals surface area contributed by atoms with E-state index in [2.05, 4.69) is 10.3 Å². The van der Waals surface area contributed by atoms with Crippen LogP contribution >= 0.6 is 11.6 Å². The van der Waals surface area contributed by atoms with E-state index in [1.165, 1.54) is 6.92 Å². The zero-order valence-corrected chi connectivity index (χ0v) is 14.9. The third-order valence-corrected chi connectivity index (χ3v) is 4.61. The van der Waals surface area contributed by atoms with Crippen molar-refractivity contribution in [2.75, 3.05) is 13.2 Å². The highest BCUT2D eigenvalue weighted by atomic mass is 35.5. The summed E-state index contributed by atoms with van der Waals surface area (Å²) < 4.78 is 10.6. The molecule has 1 fully saturated rings. The van der Waals surface area contributed by atoms with Gasteiger partial charge < -0.3 is 14.4 Å². The fourth-order valence-corrected chi connectivity index (χ4v) is 3.03. The fraction of sp³-hybridized carbons (Fsp3) is 0.471. The molecule has 134 valence electrons. The summed E-state index contributed by atoms with van der Waals surface area (Å²) in [5, 5.41) is 3.29. The second-order valence-corrected chi connectivity index (χ2v) is 6.38. The second-order valence-electron chi connectivity index (χ2n) is 6.00. The van der Waals surface area contributed by atoms with Gasteiger partial charge in [-0.1, -0.05) is 11.6 Å². The standard InChI is InChI=1S/C17H20ClN3O4/c1-10-16(23)20-17-19-13-5-6-14(15(18)12(13)9-21(10)17)25-8-4-3-7-24-11(2)22/h5-6,10H,3-4,7-9H2,1-2H3,(H,19,20,23). The van der Waals surface area contributed by atoms with Crippen LogP contribution in [0.4, 0.5) is 5.69 Å². The number of halogens is 1. The molecule has 3 rings (SSSR count). The first-order chi connectivity index (χ1) is 12.0. The lowest BCUT2D eigenvalue weighted by molar-refractivity contribution is -0.141. The van der Waals surface area contributed by atoms with E-state index in [-0.39, 0.29) is 17.9 Å². The number of rotatable bonds is 6. The van der Waals surface area contributed by atoms with Gasteiger partial charge in [-0.2, -0.15) is 0 Å². The molecule has 7 nitrogen and oxygen atoms in total. The maximum atomic E-state index is 11.8. The number of fused-ring (bicyclic) bond motifs is 2. The van der Waals surface area contributed by atoms with Crippen LogP contribution in [-0.4, -0.2) is 42.0 Å². The number of unbranched alkanes of at least 4 members (excludes halogenated alkanes) is 1. The second kappa shape index (κ2) is 7.31. The summed E-state index contributed by atoms with van der Waals surface area (Å²) in [7, 11) is 0. The van der Waals surface area contributed by atoms with Gasteiger partial charge in [-0.25, -0.2) is 4.99 Å². The van der Waals surface area contributed by atoms with Crippen LogP contribution in [0.1, 0.15) is 32.3 Å². The molecule has 1 amide bonds. The number of ether oxygens (including phenoxy) is 2. The van der Waals surface area contributed by atoms with Crippen molar-refractivity contribution in [2.45, 2.75) is 39.3 Å². The van der Waals surface area contributed by atoms with Gasteiger partial charge in [0.2, 0.25) is 11.9 Å². The van der Waals surface area contributed by atoms with Gasteiger partial charge in [-0.3, -0.25) is 14.9 Å². The molecule has 1 aromatic rings. The molecule has 0 radical (unpaired) electrons. The Kier molecular flexibility index (Phi) is 5.13. The normalized spacial score (nSPS) is 18.2. The number of esters is 1. The summed E-state index contributed by atoms with van der Waals surface area (Å²) in [5.74, 6) is 0.826. The zero-order chi connectivity index (χ0) is 18.0. The molecular weight excluding hydrogens is 346 g/mol. The highest BCUT2D eigenvalue weighted by Gasteiger charge is 2.36. The number of hydrogen-bond acceptors (Lipinski definition) is 6. The molecule has 0 saturated carbocycles. The molecule has 0 bridgehead atoms. The lowest BCUT2D eigenvalue weighted by Crippen LogP contribution is -2.35. The summed E-state index contributed by atoms with van der Waals surface area (Å²) >= 11 is 6.49. The van der Waals surface area contributed by atoms with Crippen molar-refractivity contribution in [1.29, 1.82) is 0 Å². The predicted molar refractivity (Wildman–Crippen MR) is 93.1 cm³/mol. The monoisotopic (exact) mass is 365 g/mol. The molecule has 0 spiro atoms. The van der Waals surface area contributed by atoms with Gasteiger partial charge in [0, 0.05) is 12.5 Å². The molecule has 2 aliphatic heterocycles. The molecule has 1 atom stereocenters. The Balaban J connectivity index is 1.62. The van der Waals surface area contributed by atoms with Gasteiger partial charge in [0.15, 0.2) is 0 Å². The number of carbonyl (C=O) groups excluding carboxylic acids is 2. The fourth-order valence-electron chi connectivity index (χ4n) is 2.76. The molecule has 1 saturated heterocycles. The highest BCUT2D eigenvalue weighted by molar-refractivity contribution is 6.33. The first kappa shape index (κ1) is 17.5. The van der Waals surface area contributed by atoms with Crippen LogP contribution in [0, 0.1) is 0 Å². The first-order valence-electron chi connectivity index (χ1n) is 8.21. The van der Waals surface area contributed by atoms with Crippen molar-refractivity contribution in [3.8, 4) is 5.75 Å². The molecule has 0 aliphatic carbocycles. The van der Waals surface area contributed by atoms with Crippen molar-refractivity contribution in [2.24, 2.45) is 4.99 Å². The maximum absolute atomic E-state index is 11.8. The number of hydrogen-bond donors (Lipinski definition) is 1. The van der Waals surface area contributed by atoms with Gasteiger partial charge in [-0.05, 0) is 31.9 Å². The molecule has 8 heteroatoms. The van der Waals surface area contributed by atoms with E-state index in [4.69, 9.17) is 21.1 Å². The lowest BCUT2D eigenvalue weighted by atomic mass is 10.1. The molecular formula is C17H20ClN3O4. The van der Waals surface area contributed by atoms with E-state index in [0.717, 1.165) is 24.1 Å². The maximum Gasteiger partial charge on any atom is 0.302 e. The molecule has 1 N–H and O–H groups in total. The van der Waals surface area contributed by atoms with Crippen molar-refractivity contribution in [1.82, 2.24) is 10.2 Å². The van der Waals surface area contributed by atoms with Crippen molar-refractivity contribution < 1.29 is 19.1 Å². The molecule has 2 aliphatic rings. The van der Waals surface area contributed by atoms with Gasteiger partial charge in [0.1, 0.15) is 11.8 Å². The van der Waals surface area contributed by atoms with Crippen LogP contribution < -0.4 is 10.1 Å². The van der Waals surface area contributed by atoms with Crippen molar-refractivity contribution in [3.63, 3.8) is 0 Å². The van der Waals surface area contributed by atoms with E-state index >= 15 is 0 Å². The summed E-state index contributed by atoms with van der Waals surface area (Å²) in [6, 6.07) is 3.36. The average molecular weight is 366 g/mol. The Morgan fingerprint density at radius 3 is 2.92 bits per heavy atom. The summed E-state index contributed by atoms with van der Waals surface area (Å²) in [5.41, 5.74) is 1.60. The number of amides is 1. The quantitative estimate of drug-likeness (QED) is 0.618. The zero-order valence-electron chi connectivity index (χ0n) is 14.2. The van der Waals surface area contributed by atoms with Crippen LogP contribution in [0.2, 0.25) is 5.02 Å². The Hall–Kier alpha value is -2.28. The molecule has 0 aromatic heterocycles. The number of nitrogens with one attached hydrogen (secondary N) is 1. The smallest absolute Gasteiger partial charge is 0.302 e. The summed E-state index contributed by atoms with van der Waals surface area (Å²) in [6.07, 6.45) is 1.49. The van der Waals surface area contributed by atoms with Crippen LogP contribution in [-0.2, 0) is 20.9 Å². The van der Waals surface area contributed by atoms with Crippen LogP contribution in [0.3, 0.4) is 0 Å². The molecule has 1 aromatic carbocycles. The molecule has 2 heterocycles. The van der Waals surface area contributed by atoms with E-state index < -0.39 is 0 Å². The van der Waals surface area contributed by atoms with Crippen LogP contribution in [0.25, 0.3) is 0 Å². The minimum Gasteiger partial charge on any atom is -0.492 e. The average Bonchev–Trinajstić information content (AvgIpc) is 2.85. The largest absolute Gasteiger partial charge is 0.492 e. The highest BCUT2D eigenvalue weighted by Crippen LogP contribution is 2.39. The number of carbonyl (C=O) groups is 2. The Labute approximate surface area is 150 Å². The summed E-state index contributed by atoms with van der Waals surface area (Å²) in [4.78, 5) is 28.8. The topological polar surface area (TPSA) is 80.2 Å². The Bertz CT molecular complexity index is 735. The minimum atomic E-state index is -0.275. The lowest BCUT2D eigenvalue weighted by Gasteiger charge is -2.27.